The molecular formula is C27H26F3N5O. The maximum Gasteiger partial charge on any atom is 0.433 e. The van der Waals surface area contributed by atoms with Gasteiger partial charge in [0.1, 0.15) is 5.69 Å². The van der Waals surface area contributed by atoms with Crippen LogP contribution in [0, 0.1) is 6.92 Å². The predicted octanol–water partition coefficient (Wildman–Crippen LogP) is 5.90. The number of nitrogens with one attached hydrogen (secondary N) is 2. The number of rotatable bonds is 5. The molecule has 2 atom stereocenters. The summed E-state index contributed by atoms with van der Waals surface area (Å²) in [7, 11) is 0. The Bertz CT molecular complexity index is 1370. The smallest absolute Gasteiger partial charge is 0.382 e. The highest BCUT2D eigenvalue weighted by Gasteiger charge is 2.34. The molecule has 1 aliphatic rings. The van der Waals surface area contributed by atoms with Gasteiger partial charge in [-0.2, -0.15) is 13.2 Å². The fourth-order valence-electron chi connectivity index (χ4n) is 4.74. The first kappa shape index (κ1) is 23.8. The molecule has 4 aromatic rings. The zero-order valence-electron chi connectivity index (χ0n) is 19.7. The third kappa shape index (κ3) is 5.19. The molecule has 0 saturated heterocycles. The topological polar surface area (TPSA) is 71.8 Å². The van der Waals surface area contributed by atoms with Crippen LogP contribution in [-0.2, 0) is 6.18 Å². The zero-order valence-corrected chi connectivity index (χ0v) is 19.7. The van der Waals surface area contributed by atoms with E-state index < -0.39 is 11.9 Å². The van der Waals surface area contributed by atoms with Gasteiger partial charge in [0, 0.05) is 46.8 Å². The predicted molar refractivity (Wildman–Crippen MR) is 132 cm³/mol. The van der Waals surface area contributed by atoms with Crippen LogP contribution in [0.2, 0.25) is 0 Å². The van der Waals surface area contributed by atoms with Crippen molar-refractivity contribution in [2.75, 3.05) is 5.32 Å². The molecule has 5 rings (SSSR count). The Morgan fingerprint density at radius 3 is 2.56 bits per heavy atom. The largest absolute Gasteiger partial charge is 0.433 e. The summed E-state index contributed by atoms with van der Waals surface area (Å²) in [6.45, 7) is 1.90. The number of nitrogens with zero attached hydrogens (tertiary/aromatic N) is 3. The standard InChI is InChI=1S/C27H26F3N5O/c1-17-5-10-23-22(13-17)24(15-25(34-23)27(28,29)30)32-19-3-2-4-20(14-19)33-26(36)18-6-8-21(9-7-18)35-12-11-31-16-35/h5-13,15-16,19-20H,2-4,14H2,1H3,(H,32,34)(H,33,36)/t19-,20+/m0/s1. The third-order valence-electron chi connectivity index (χ3n) is 6.56. The van der Waals surface area contributed by atoms with Gasteiger partial charge in [-0.25, -0.2) is 9.97 Å². The van der Waals surface area contributed by atoms with Gasteiger partial charge in [0.05, 0.1) is 11.8 Å². The summed E-state index contributed by atoms with van der Waals surface area (Å²) in [4.78, 5) is 20.7. The van der Waals surface area contributed by atoms with Crippen LogP contribution in [0.15, 0.2) is 67.3 Å². The number of aromatic nitrogens is 3. The minimum atomic E-state index is -4.54. The summed E-state index contributed by atoms with van der Waals surface area (Å²) in [6, 6.07) is 13.4. The highest BCUT2D eigenvalue weighted by molar-refractivity contribution is 5.94. The molecule has 1 aliphatic carbocycles. The average molecular weight is 494 g/mol. The van der Waals surface area contributed by atoms with Crippen molar-refractivity contribution in [3.05, 3.63) is 84.1 Å². The van der Waals surface area contributed by atoms with Crippen molar-refractivity contribution in [1.29, 1.82) is 0 Å². The second-order valence-corrected chi connectivity index (χ2v) is 9.27. The summed E-state index contributed by atoms with van der Waals surface area (Å²) in [5.41, 5.74) is 2.21. The molecule has 0 unspecified atom stereocenters. The summed E-state index contributed by atoms with van der Waals surface area (Å²) < 4.78 is 42.3. The van der Waals surface area contributed by atoms with Crippen molar-refractivity contribution in [3.8, 4) is 5.69 Å². The van der Waals surface area contributed by atoms with Crippen LogP contribution in [0.4, 0.5) is 18.9 Å². The number of halogens is 3. The Balaban J connectivity index is 1.29. The molecule has 2 aromatic carbocycles. The average Bonchev–Trinajstić information content (AvgIpc) is 3.39. The van der Waals surface area contributed by atoms with E-state index in [1.54, 1.807) is 36.8 Å². The van der Waals surface area contributed by atoms with Crippen molar-refractivity contribution >= 4 is 22.5 Å². The Hall–Kier alpha value is -3.88. The minimum Gasteiger partial charge on any atom is -0.382 e. The second kappa shape index (κ2) is 9.64. The van der Waals surface area contributed by atoms with E-state index in [0.717, 1.165) is 36.6 Å². The van der Waals surface area contributed by atoms with Crippen LogP contribution in [0.5, 0.6) is 0 Å². The number of hydrogen-bond acceptors (Lipinski definition) is 4. The quantitative estimate of drug-likeness (QED) is 0.363. The van der Waals surface area contributed by atoms with Gasteiger partial charge in [-0.1, -0.05) is 11.6 Å². The Kier molecular flexibility index (Phi) is 6.38. The van der Waals surface area contributed by atoms with Gasteiger partial charge < -0.3 is 15.2 Å². The van der Waals surface area contributed by atoms with Crippen LogP contribution >= 0.6 is 0 Å². The monoisotopic (exact) mass is 493 g/mol. The summed E-state index contributed by atoms with van der Waals surface area (Å²) in [6.07, 6.45) is 3.78. The molecule has 0 aliphatic heterocycles. The first-order chi connectivity index (χ1) is 17.3. The van der Waals surface area contributed by atoms with Gasteiger partial charge in [0.2, 0.25) is 0 Å². The lowest BCUT2D eigenvalue weighted by Gasteiger charge is -2.31. The van der Waals surface area contributed by atoms with Crippen LogP contribution in [-0.4, -0.2) is 32.5 Å². The lowest BCUT2D eigenvalue weighted by Crippen LogP contribution is -2.41. The van der Waals surface area contributed by atoms with E-state index in [1.807, 2.05) is 35.9 Å². The number of carbonyl (C=O) groups excluding carboxylic acids is 1. The summed E-state index contributed by atoms with van der Waals surface area (Å²) in [5.74, 6) is -0.165. The molecule has 0 bridgehead atoms. The number of amides is 1. The number of carbonyl (C=O) groups is 1. The molecule has 9 heteroatoms. The molecule has 2 N–H and O–H groups in total. The molecular weight excluding hydrogens is 467 g/mol. The van der Waals surface area contributed by atoms with Crippen LogP contribution in [0.1, 0.15) is 47.3 Å². The van der Waals surface area contributed by atoms with Gasteiger partial charge in [-0.3, -0.25) is 4.79 Å². The van der Waals surface area contributed by atoms with E-state index >= 15 is 0 Å². The van der Waals surface area contributed by atoms with Gasteiger partial charge in [-0.05, 0) is 75.1 Å². The van der Waals surface area contributed by atoms with Crippen LogP contribution in [0.25, 0.3) is 16.6 Å². The molecule has 0 radical (unpaired) electrons. The van der Waals surface area contributed by atoms with Gasteiger partial charge in [0.15, 0.2) is 0 Å². The van der Waals surface area contributed by atoms with E-state index in [1.165, 1.54) is 0 Å². The molecule has 186 valence electrons. The van der Waals surface area contributed by atoms with Crippen molar-refractivity contribution in [3.63, 3.8) is 0 Å². The van der Waals surface area contributed by atoms with Gasteiger partial charge in [0.25, 0.3) is 5.91 Å². The summed E-state index contributed by atoms with van der Waals surface area (Å²) in [5, 5.41) is 7.09. The lowest BCUT2D eigenvalue weighted by atomic mass is 9.90. The number of pyridine rings is 1. The molecule has 1 fully saturated rings. The van der Waals surface area contributed by atoms with Gasteiger partial charge in [-0.15, -0.1) is 0 Å². The highest BCUT2D eigenvalue weighted by atomic mass is 19.4. The molecule has 36 heavy (non-hydrogen) atoms. The normalized spacial score (nSPS) is 18.2. The highest BCUT2D eigenvalue weighted by Crippen LogP contribution is 2.34. The minimum absolute atomic E-state index is 0.0696. The van der Waals surface area contributed by atoms with Crippen molar-refractivity contribution < 1.29 is 18.0 Å². The Labute approximate surface area is 206 Å². The number of anilines is 1. The number of fused-ring (bicyclic) bond motifs is 1. The number of hydrogen-bond donors (Lipinski definition) is 2. The number of benzene rings is 2. The second-order valence-electron chi connectivity index (χ2n) is 9.27. The number of alkyl halides is 3. The Morgan fingerprint density at radius 2 is 1.83 bits per heavy atom. The number of aryl methyl sites for hydroxylation is 1. The van der Waals surface area contributed by atoms with Crippen LogP contribution < -0.4 is 10.6 Å². The lowest BCUT2D eigenvalue weighted by molar-refractivity contribution is -0.140. The van der Waals surface area contributed by atoms with Crippen LogP contribution in [0.3, 0.4) is 0 Å². The third-order valence-corrected chi connectivity index (χ3v) is 6.56. The molecule has 2 aromatic heterocycles. The fraction of sp³-hybridized carbons (Fsp3) is 0.296. The fourth-order valence-corrected chi connectivity index (χ4v) is 4.74. The summed E-state index contributed by atoms with van der Waals surface area (Å²) >= 11 is 0. The number of imidazole rings is 1. The van der Waals surface area contributed by atoms with E-state index in [9.17, 15) is 18.0 Å². The first-order valence-corrected chi connectivity index (χ1v) is 11.9. The van der Waals surface area contributed by atoms with Crippen molar-refractivity contribution in [1.82, 2.24) is 19.9 Å². The SMILES string of the molecule is Cc1ccc2nc(C(F)(F)F)cc(N[C@H]3CCC[C@@H](NC(=O)c4ccc(-n5ccnc5)cc4)C3)c2c1. The Morgan fingerprint density at radius 1 is 1.06 bits per heavy atom. The molecule has 1 amide bonds. The molecule has 1 saturated carbocycles. The van der Waals surface area contributed by atoms with E-state index in [0.29, 0.717) is 28.6 Å². The van der Waals surface area contributed by atoms with Crippen molar-refractivity contribution in [2.24, 2.45) is 0 Å². The first-order valence-electron chi connectivity index (χ1n) is 11.9. The van der Waals surface area contributed by atoms with Crippen molar-refractivity contribution in [2.45, 2.75) is 50.9 Å². The van der Waals surface area contributed by atoms with E-state index in [2.05, 4.69) is 20.6 Å². The van der Waals surface area contributed by atoms with E-state index in [-0.39, 0.29) is 18.0 Å². The maximum atomic E-state index is 13.5. The maximum absolute atomic E-state index is 13.5. The van der Waals surface area contributed by atoms with Gasteiger partial charge >= 0.3 is 6.18 Å². The molecule has 2 heterocycles. The zero-order chi connectivity index (χ0) is 25.3. The van der Waals surface area contributed by atoms with E-state index in [4.69, 9.17) is 0 Å². The molecule has 0 spiro atoms. The molecule has 6 nitrogen and oxygen atoms in total.